The van der Waals surface area contributed by atoms with Crippen molar-refractivity contribution in [3.8, 4) is 0 Å². The molecule has 1 atom stereocenters. The number of carbonyl (C=O) groups is 3. The number of amides is 3. The normalized spacial score (nSPS) is 15.9. The van der Waals surface area contributed by atoms with E-state index in [1.807, 2.05) is 0 Å². The SMILES string of the molecule is CN(C)c1cc2c(cc1NC(=O)c1cnn3ccc(C(=O)NC4CC4)nc13)CN(C[C@@H](F)C(C)(C)O)C2=O. The second-order valence-electron chi connectivity index (χ2n) is 10.6. The second-order valence-corrected chi connectivity index (χ2v) is 10.6. The molecule has 11 nitrogen and oxygen atoms in total. The van der Waals surface area contributed by atoms with Crippen LogP contribution in [-0.4, -0.2) is 80.8 Å². The number of nitrogens with zero attached hydrogens (tertiary/aromatic N) is 5. The van der Waals surface area contributed by atoms with Crippen molar-refractivity contribution < 1.29 is 23.9 Å². The van der Waals surface area contributed by atoms with Crippen LogP contribution >= 0.6 is 0 Å². The summed E-state index contributed by atoms with van der Waals surface area (Å²) in [7, 11) is 3.56. The largest absolute Gasteiger partial charge is 0.387 e. The number of fused-ring (bicyclic) bond motifs is 2. The van der Waals surface area contributed by atoms with Gasteiger partial charge < -0.3 is 25.5 Å². The van der Waals surface area contributed by atoms with Crippen molar-refractivity contribution in [3.05, 3.63) is 53.0 Å². The predicted molar refractivity (Wildman–Crippen MR) is 138 cm³/mol. The zero-order valence-corrected chi connectivity index (χ0v) is 21.7. The number of rotatable bonds is 8. The molecule has 3 N–H and O–H groups in total. The lowest BCUT2D eigenvalue weighted by atomic mass is 10.0. The van der Waals surface area contributed by atoms with E-state index in [4.69, 9.17) is 0 Å². The summed E-state index contributed by atoms with van der Waals surface area (Å²) in [6.45, 7) is 2.63. The molecule has 0 bridgehead atoms. The summed E-state index contributed by atoms with van der Waals surface area (Å²) in [4.78, 5) is 46.3. The fraction of sp³-hybridized carbons (Fsp3) is 0.423. The summed E-state index contributed by atoms with van der Waals surface area (Å²) in [5, 5.41) is 19.9. The van der Waals surface area contributed by atoms with E-state index in [2.05, 4.69) is 20.7 Å². The molecule has 3 amide bonds. The lowest BCUT2D eigenvalue weighted by molar-refractivity contribution is -0.0159. The van der Waals surface area contributed by atoms with Gasteiger partial charge in [0.25, 0.3) is 17.7 Å². The quantitative estimate of drug-likeness (QED) is 0.412. The molecule has 3 aromatic rings. The molecule has 5 rings (SSSR count). The Hall–Kier alpha value is -4.06. The van der Waals surface area contributed by atoms with Crippen LogP contribution in [0.3, 0.4) is 0 Å². The summed E-state index contributed by atoms with van der Waals surface area (Å²) in [5.74, 6) is -1.12. The van der Waals surface area contributed by atoms with Crippen LogP contribution in [0.4, 0.5) is 15.8 Å². The molecule has 2 aliphatic rings. The summed E-state index contributed by atoms with van der Waals surface area (Å²) >= 11 is 0. The Kier molecular flexibility index (Phi) is 6.30. The van der Waals surface area contributed by atoms with Gasteiger partial charge in [0.1, 0.15) is 17.4 Å². The first-order valence-corrected chi connectivity index (χ1v) is 12.4. The van der Waals surface area contributed by atoms with E-state index in [-0.39, 0.29) is 47.9 Å². The summed E-state index contributed by atoms with van der Waals surface area (Å²) in [6, 6.07) is 5.09. The van der Waals surface area contributed by atoms with Gasteiger partial charge in [-0.3, -0.25) is 14.4 Å². The highest BCUT2D eigenvalue weighted by atomic mass is 19.1. The van der Waals surface area contributed by atoms with E-state index in [1.54, 1.807) is 43.4 Å². The number of aliphatic hydroxyl groups is 1. The molecule has 12 heteroatoms. The average molecular weight is 524 g/mol. The summed E-state index contributed by atoms with van der Waals surface area (Å²) < 4.78 is 15.9. The van der Waals surface area contributed by atoms with Gasteiger partial charge in [-0.25, -0.2) is 13.9 Å². The number of aromatic nitrogens is 3. The third kappa shape index (κ3) is 4.91. The minimum absolute atomic E-state index is 0.152. The molecule has 1 aliphatic heterocycles. The fourth-order valence-corrected chi connectivity index (χ4v) is 4.28. The van der Waals surface area contributed by atoms with E-state index in [1.165, 1.54) is 29.5 Å². The molecular formula is C26H30FN7O4. The highest BCUT2D eigenvalue weighted by molar-refractivity contribution is 6.10. The number of carbonyl (C=O) groups excluding carboxylic acids is 3. The number of alkyl halides is 1. The van der Waals surface area contributed by atoms with Gasteiger partial charge in [0.15, 0.2) is 5.65 Å². The number of nitrogens with one attached hydrogen (secondary N) is 2. The van der Waals surface area contributed by atoms with Gasteiger partial charge in [0.2, 0.25) is 0 Å². The van der Waals surface area contributed by atoms with Gasteiger partial charge in [-0.05, 0) is 50.5 Å². The van der Waals surface area contributed by atoms with Crippen molar-refractivity contribution in [1.82, 2.24) is 24.8 Å². The molecule has 2 aromatic heterocycles. The standard InChI is InChI=1S/C26H30FN7O4/c1-26(2,38)21(27)13-33-12-14-9-19(20(32(3)4)10-16(14)25(33)37)31-23(35)17-11-28-34-8-7-18(30-22(17)34)24(36)29-15-5-6-15/h7-11,15,21,38H,5-6,12-13H2,1-4H3,(H,29,36)(H,31,35)/t21-/m1/s1. The minimum Gasteiger partial charge on any atom is -0.387 e. The molecule has 3 heterocycles. The maximum absolute atomic E-state index is 14.5. The smallest absolute Gasteiger partial charge is 0.270 e. The van der Waals surface area contributed by atoms with Crippen LogP contribution < -0.4 is 15.5 Å². The first kappa shape index (κ1) is 25.6. The highest BCUT2D eigenvalue weighted by Gasteiger charge is 2.35. The molecular weight excluding hydrogens is 493 g/mol. The molecule has 0 radical (unpaired) electrons. The van der Waals surface area contributed by atoms with Crippen molar-refractivity contribution in [3.63, 3.8) is 0 Å². The average Bonchev–Trinajstić information content (AvgIpc) is 3.48. The number of halogens is 1. The van der Waals surface area contributed by atoms with E-state index in [9.17, 15) is 23.9 Å². The van der Waals surface area contributed by atoms with Gasteiger partial charge in [-0.2, -0.15) is 5.10 Å². The summed E-state index contributed by atoms with van der Waals surface area (Å²) in [5.41, 5.74) is 1.12. The van der Waals surface area contributed by atoms with Crippen molar-refractivity contribution in [1.29, 1.82) is 0 Å². The monoisotopic (exact) mass is 523 g/mol. The van der Waals surface area contributed by atoms with Gasteiger partial charge >= 0.3 is 0 Å². The van der Waals surface area contributed by atoms with Gasteiger partial charge in [0, 0.05) is 38.4 Å². The molecule has 1 saturated carbocycles. The molecule has 38 heavy (non-hydrogen) atoms. The van der Waals surface area contributed by atoms with Crippen LogP contribution in [0.15, 0.2) is 30.6 Å². The maximum Gasteiger partial charge on any atom is 0.270 e. The zero-order chi connectivity index (χ0) is 27.4. The topological polar surface area (TPSA) is 132 Å². The molecule has 1 aromatic carbocycles. The Balaban J connectivity index is 1.41. The molecule has 0 spiro atoms. The van der Waals surface area contributed by atoms with Crippen LogP contribution in [0.5, 0.6) is 0 Å². The number of benzene rings is 1. The van der Waals surface area contributed by atoms with E-state index in [0.717, 1.165) is 12.8 Å². The summed E-state index contributed by atoms with van der Waals surface area (Å²) in [6.07, 6.45) is 3.23. The third-order valence-electron chi connectivity index (χ3n) is 6.74. The Morgan fingerprint density at radius 1 is 1.26 bits per heavy atom. The number of hydrogen-bond donors (Lipinski definition) is 3. The van der Waals surface area contributed by atoms with Crippen LogP contribution in [0.1, 0.15) is 63.5 Å². The second kappa shape index (κ2) is 9.35. The molecule has 200 valence electrons. The zero-order valence-electron chi connectivity index (χ0n) is 21.7. The lowest BCUT2D eigenvalue weighted by Gasteiger charge is -2.26. The maximum atomic E-state index is 14.5. The Bertz CT molecular complexity index is 1440. The van der Waals surface area contributed by atoms with Crippen molar-refractivity contribution in [2.75, 3.05) is 30.9 Å². The Labute approximate surface area is 218 Å². The van der Waals surface area contributed by atoms with Crippen LogP contribution in [0.25, 0.3) is 5.65 Å². The molecule has 1 aliphatic carbocycles. The van der Waals surface area contributed by atoms with Gasteiger partial charge in [-0.1, -0.05) is 0 Å². The molecule has 0 saturated heterocycles. The number of hydrogen-bond acceptors (Lipinski definition) is 7. The minimum atomic E-state index is -1.62. The number of anilines is 2. The van der Waals surface area contributed by atoms with E-state index >= 15 is 0 Å². The van der Waals surface area contributed by atoms with Crippen LogP contribution in [0, 0.1) is 0 Å². The van der Waals surface area contributed by atoms with Crippen molar-refractivity contribution in [2.24, 2.45) is 0 Å². The third-order valence-corrected chi connectivity index (χ3v) is 6.74. The predicted octanol–water partition coefficient (Wildman–Crippen LogP) is 2.00. The van der Waals surface area contributed by atoms with Gasteiger partial charge in [-0.15, -0.1) is 0 Å². The van der Waals surface area contributed by atoms with Crippen molar-refractivity contribution in [2.45, 2.75) is 51.0 Å². The first-order valence-electron chi connectivity index (χ1n) is 12.4. The van der Waals surface area contributed by atoms with E-state index < -0.39 is 17.7 Å². The van der Waals surface area contributed by atoms with Crippen molar-refractivity contribution >= 4 is 34.7 Å². The highest BCUT2D eigenvalue weighted by Crippen LogP contribution is 2.34. The van der Waals surface area contributed by atoms with Crippen LogP contribution in [0.2, 0.25) is 0 Å². The lowest BCUT2D eigenvalue weighted by Crippen LogP contribution is -2.42. The van der Waals surface area contributed by atoms with Gasteiger partial charge in [0.05, 0.1) is 29.7 Å². The molecule has 1 fully saturated rings. The van der Waals surface area contributed by atoms with E-state index in [0.29, 0.717) is 22.5 Å². The Morgan fingerprint density at radius 3 is 2.66 bits per heavy atom. The first-order chi connectivity index (χ1) is 17.9. The molecule has 0 unspecified atom stereocenters. The fourth-order valence-electron chi connectivity index (χ4n) is 4.28. The Morgan fingerprint density at radius 2 is 2.00 bits per heavy atom. The van der Waals surface area contributed by atoms with Crippen LogP contribution in [-0.2, 0) is 6.54 Å².